The summed E-state index contributed by atoms with van der Waals surface area (Å²) in [6, 6.07) is 12.7. The fourth-order valence-electron chi connectivity index (χ4n) is 2.35. The summed E-state index contributed by atoms with van der Waals surface area (Å²) in [7, 11) is 0. The number of nitrogens with one attached hydrogen (secondary N) is 1. The summed E-state index contributed by atoms with van der Waals surface area (Å²) in [4.78, 5) is 0. The van der Waals surface area contributed by atoms with Crippen molar-refractivity contribution >= 4 is 15.9 Å². The number of hydrogen-bond acceptors (Lipinski definition) is 3. The molecular weight excluding hydrogens is 366 g/mol. The molecule has 0 spiro atoms. The average molecular weight is 392 g/mol. The van der Waals surface area contributed by atoms with Crippen LogP contribution in [0.4, 0.5) is 0 Å². The van der Waals surface area contributed by atoms with E-state index in [4.69, 9.17) is 9.47 Å². The fraction of sp³-hybridized carbons (Fsp3) is 0.400. The van der Waals surface area contributed by atoms with Crippen molar-refractivity contribution in [1.82, 2.24) is 5.32 Å². The Hall–Kier alpha value is -1.52. The monoisotopic (exact) mass is 391 g/mol. The highest BCUT2D eigenvalue weighted by Gasteiger charge is 2.10. The van der Waals surface area contributed by atoms with Gasteiger partial charge in [-0.3, -0.25) is 0 Å². The van der Waals surface area contributed by atoms with Crippen LogP contribution in [0.2, 0.25) is 0 Å². The van der Waals surface area contributed by atoms with Gasteiger partial charge in [0.2, 0.25) is 0 Å². The molecule has 0 atom stereocenters. The van der Waals surface area contributed by atoms with Crippen LogP contribution in [0.3, 0.4) is 0 Å². The Morgan fingerprint density at radius 3 is 2.33 bits per heavy atom. The zero-order valence-electron chi connectivity index (χ0n) is 14.7. The quantitative estimate of drug-likeness (QED) is 0.634. The number of rotatable bonds is 9. The summed E-state index contributed by atoms with van der Waals surface area (Å²) in [6.07, 6.45) is 0.975. The van der Waals surface area contributed by atoms with Crippen molar-refractivity contribution in [2.24, 2.45) is 0 Å². The van der Waals surface area contributed by atoms with Gasteiger partial charge in [0.05, 0.1) is 13.2 Å². The SMILES string of the molecule is CCCOc1cc(Br)c(CNCc2ccc(C)cc2)cc1OCC. The van der Waals surface area contributed by atoms with Gasteiger partial charge in [0.1, 0.15) is 0 Å². The first-order valence-corrected chi connectivity index (χ1v) is 9.27. The molecule has 2 aromatic carbocycles. The van der Waals surface area contributed by atoms with Crippen molar-refractivity contribution < 1.29 is 9.47 Å². The van der Waals surface area contributed by atoms with Crippen molar-refractivity contribution in [3.63, 3.8) is 0 Å². The third-order valence-corrected chi connectivity index (χ3v) is 4.38. The fourth-order valence-corrected chi connectivity index (χ4v) is 2.82. The number of hydrogen-bond donors (Lipinski definition) is 1. The van der Waals surface area contributed by atoms with Crippen LogP contribution in [0.25, 0.3) is 0 Å². The Morgan fingerprint density at radius 1 is 0.958 bits per heavy atom. The molecule has 0 aromatic heterocycles. The highest BCUT2D eigenvalue weighted by molar-refractivity contribution is 9.10. The summed E-state index contributed by atoms with van der Waals surface area (Å²) in [5, 5.41) is 3.48. The lowest BCUT2D eigenvalue weighted by atomic mass is 10.1. The molecule has 0 bridgehead atoms. The molecule has 4 heteroatoms. The highest BCUT2D eigenvalue weighted by Crippen LogP contribution is 2.34. The minimum atomic E-state index is 0.625. The molecule has 0 unspecified atom stereocenters. The molecule has 1 N–H and O–H groups in total. The Labute approximate surface area is 153 Å². The molecule has 0 aliphatic rings. The third-order valence-electron chi connectivity index (χ3n) is 3.64. The van der Waals surface area contributed by atoms with Crippen molar-refractivity contribution in [2.75, 3.05) is 13.2 Å². The maximum absolute atomic E-state index is 5.78. The molecule has 130 valence electrons. The van der Waals surface area contributed by atoms with Gasteiger partial charge in [-0.25, -0.2) is 0 Å². The third kappa shape index (κ3) is 5.53. The van der Waals surface area contributed by atoms with Gasteiger partial charge in [-0.15, -0.1) is 0 Å². The summed E-state index contributed by atoms with van der Waals surface area (Å²) in [5.74, 6) is 1.61. The predicted octanol–water partition coefficient (Wildman–Crippen LogP) is 5.23. The zero-order valence-corrected chi connectivity index (χ0v) is 16.3. The van der Waals surface area contributed by atoms with E-state index >= 15 is 0 Å². The topological polar surface area (TPSA) is 30.5 Å². The van der Waals surface area contributed by atoms with Gasteiger partial charge >= 0.3 is 0 Å². The van der Waals surface area contributed by atoms with E-state index in [1.165, 1.54) is 11.1 Å². The second kappa shape index (κ2) is 9.70. The number of aryl methyl sites for hydroxylation is 1. The highest BCUT2D eigenvalue weighted by atomic mass is 79.9. The second-order valence-electron chi connectivity index (χ2n) is 5.76. The van der Waals surface area contributed by atoms with E-state index in [9.17, 15) is 0 Å². The largest absolute Gasteiger partial charge is 0.490 e. The summed E-state index contributed by atoms with van der Waals surface area (Å²) in [6.45, 7) is 9.11. The van der Waals surface area contributed by atoms with E-state index < -0.39 is 0 Å². The summed E-state index contributed by atoms with van der Waals surface area (Å²) in [5.41, 5.74) is 3.73. The Bertz CT molecular complexity index is 641. The summed E-state index contributed by atoms with van der Waals surface area (Å²) < 4.78 is 12.6. The average Bonchev–Trinajstić information content (AvgIpc) is 2.58. The number of ether oxygens (including phenoxy) is 2. The van der Waals surface area contributed by atoms with Crippen molar-refractivity contribution in [3.8, 4) is 11.5 Å². The van der Waals surface area contributed by atoms with E-state index in [0.717, 1.165) is 41.0 Å². The van der Waals surface area contributed by atoms with Crippen LogP contribution in [-0.4, -0.2) is 13.2 Å². The smallest absolute Gasteiger partial charge is 0.162 e. The first-order chi connectivity index (χ1) is 11.6. The zero-order chi connectivity index (χ0) is 17.4. The van der Waals surface area contributed by atoms with Gasteiger partial charge < -0.3 is 14.8 Å². The molecule has 0 radical (unpaired) electrons. The lowest BCUT2D eigenvalue weighted by molar-refractivity contribution is 0.276. The molecule has 0 fully saturated rings. The Balaban J connectivity index is 2.03. The van der Waals surface area contributed by atoms with Crippen molar-refractivity contribution in [2.45, 2.75) is 40.3 Å². The van der Waals surface area contributed by atoms with Crippen LogP contribution < -0.4 is 14.8 Å². The first-order valence-electron chi connectivity index (χ1n) is 8.48. The van der Waals surface area contributed by atoms with Crippen LogP contribution in [0.5, 0.6) is 11.5 Å². The molecule has 0 heterocycles. The standard InChI is InChI=1S/C20H26BrNO2/c1-4-10-24-20-12-18(21)17(11-19(20)23-5-2)14-22-13-16-8-6-15(3)7-9-16/h6-9,11-12,22H,4-5,10,13-14H2,1-3H3. The minimum absolute atomic E-state index is 0.625. The van der Waals surface area contributed by atoms with Gasteiger partial charge in [-0.1, -0.05) is 52.7 Å². The molecule has 0 amide bonds. The maximum atomic E-state index is 5.78. The van der Waals surface area contributed by atoms with Crippen molar-refractivity contribution in [3.05, 3.63) is 57.6 Å². The molecule has 2 aromatic rings. The molecule has 24 heavy (non-hydrogen) atoms. The van der Waals surface area contributed by atoms with Crippen molar-refractivity contribution in [1.29, 1.82) is 0 Å². The van der Waals surface area contributed by atoms with E-state index in [2.05, 4.69) is 65.4 Å². The normalized spacial score (nSPS) is 10.7. The first kappa shape index (κ1) is 18.8. The van der Waals surface area contributed by atoms with Crippen LogP contribution in [-0.2, 0) is 13.1 Å². The molecular formula is C20H26BrNO2. The van der Waals surface area contributed by atoms with Crippen LogP contribution in [0, 0.1) is 6.92 Å². The van der Waals surface area contributed by atoms with Gasteiger partial charge in [0.25, 0.3) is 0 Å². The molecule has 0 saturated heterocycles. The maximum Gasteiger partial charge on any atom is 0.162 e. The Morgan fingerprint density at radius 2 is 1.67 bits per heavy atom. The predicted molar refractivity (Wildman–Crippen MR) is 103 cm³/mol. The van der Waals surface area contributed by atoms with E-state index in [0.29, 0.717) is 13.2 Å². The lowest BCUT2D eigenvalue weighted by Crippen LogP contribution is -2.13. The van der Waals surface area contributed by atoms with Gasteiger partial charge in [-0.2, -0.15) is 0 Å². The number of benzene rings is 2. The van der Waals surface area contributed by atoms with Gasteiger partial charge in [-0.05, 0) is 43.5 Å². The molecule has 0 aliphatic carbocycles. The summed E-state index contributed by atoms with van der Waals surface area (Å²) >= 11 is 3.64. The molecule has 3 nitrogen and oxygen atoms in total. The second-order valence-corrected chi connectivity index (χ2v) is 6.62. The van der Waals surface area contributed by atoms with Crippen LogP contribution in [0.1, 0.15) is 37.0 Å². The lowest BCUT2D eigenvalue weighted by Gasteiger charge is -2.15. The Kier molecular flexibility index (Phi) is 7.60. The van der Waals surface area contributed by atoms with Crippen LogP contribution in [0.15, 0.2) is 40.9 Å². The minimum Gasteiger partial charge on any atom is -0.490 e. The number of halogens is 1. The van der Waals surface area contributed by atoms with Crippen LogP contribution >= 0.6 is 15.9 Å². The molecule has 0 aliphatic heterocycles. The van der Waals surface area contributed by atoms with E-state index in [1.54, 1.807) is 0 Å². The van der Waals surface area contributed by atoms with E-state index in [-0.39, 0.29) is 0 Å². The molecule has 2 rings (SSSR count). The van der Waals surface area contributed by atoms with Gasteiger partial charge in [0, 0.05) is 17.6 Å². The van der Waals surface area contributed by atoms with E-state index in [1.807, 2.05) is 13.0 Å². The molecule has 0 saturated carbocycles. The van der Waals surface area contributed by atoms with Gasteiger partial charge in [0.15, 0.2) is 11.5 Å².